The van der Waals surface area contributed by atoms with Gasteiger partial charge in [0.15, 0.2) is 0 Å². The highest BCUT2D eigenvalue weighted by molar-refractivity contribution is 7.13. The van der Waals surface area contributed by atoms with Crippen molar-refractivity contribution >= 4 is 23.2 Å². The number of rotatable bonds is 2. The molecule has 2 aromatic rings. The minimum Gasteiger partial charge on any atom is -0.352 e. The third-order valence-corrected chi connectivity index (χ3v) is 5.07. The number of hydrogen-bond donors (Lipinski definition) is 1. The Morgan fingerprint density at radius 3 is 2.83 bits per heavy atom. The molecular formula is C17H19N3O2S. The molecular weight excluding hydrogens is 310 g/mol. The lowest BCUT2D eigenvalue weighted by Crippen LogP contribution is -2.63. The predicted molar refractivity (Wildman–Crippen MR) is 90.4 cm³/mol. The molecule has 1 saturated heterocycles. The van der Waals surface area contributed by atoms with Crippen molar-refractivity contribution in [2.24, 2.45) is 0 Å². The molecule has 1 aromatic carbocycles. The van der Waals surface area contributed by atoms with Crippen LogP contribution in [0.4, 0.5) is 0 Å². The van der Waals surface area contributed by atoms with Crippen LogP contribution in [-0.2, 0) is 4.79 Å². The molecule has 0 aliphatic carbocycles. The van der Waals surface area contributed by atoms with Crippen LogP contribution in [0.2, 0.25) is 0 Å². The summed E-state index contributed by atoms with van der Waals surface area (Å²) in [4.78, 5) is 30.9. The van der Waals surface area contributed by atoms with Gasteiger partial charge in [-0.05, 0) is 26.3 Å². The summed E-state index contributed by atoms with van der Waals surface area (Å²) >= 11 is 1.45. The number of carbonyl (C=O) groups is 2. The van der Waals surface area contributed by atoms with Crippen molar-refractivity contribution < 1.29 is 9.59 Å². The van der Waals surface area contributed by atoms with Crippen LogP contribution in [0, 0.1) is 6.92 Å². The van der Waals surface area contributed by atoms with Gasteiger partial charge in [-0.15, -0.1) is 11.3 Å². The molecule has 0 atom stereocenters. The second-order valence-corrected chi connectivity index (χ2v) is 6.98. The number of amides is 2. The molecule has 0 unspecified atom stereocenters. The number of carbonyl (C=O) groups excluding carboxylic acids is 2. The molecule has 23 heavy (non-hydrogen) atoms. The molecule has 6 heteroatoms. The van der Waals surface area contributed by atoms with Crippen LogP contribution in [0.15, 0.2) is 29.6 Å². The van der Waals surface area contributed by atoms with Gasteiger partial charge in [-0.25, -0.2) is 4.98 Å². The van der Waals surface area contributed by atoms with Crippen molar-refractivity contribution in [3.05, 3.63) is 40.9 Å². The van der Waals surface area contributed by atoms with Crippen molar-refractivity contribution in [1.82, 2.24) is 15.2 Å². The lowest BCUT2D eigenvalue weighted by Gasteiger charge is -2.40. The molecule has 1 aromatic heterocycles. The van der Waals surface area contributed by atoms with E-state index < -0.39 is 5.54 Å². The Morgan fingerprint density at radius 1 is 1.35 bits per heavy atom. The quantitative estimate of drug-likeness (QED) is 0.920. The molecule has 2 heterocycles. The number of nitrogens with one attached hydrogen (secondary N) is 1. The van der Waals surface area contributed by atoms with Gasteiger partial charge in [0.1, 0.15) is 16.2 Å². The van der Waals surface area contributed by atoms with Gasteiger partial charge < -0.3 is 10.2 Å². The first-order chi connectivity index (χ1) is 10.9. The van der Waals surface area contributed by atoms with E-state index in [2.05, 4.69) is 10.3 Å². The van der Waals surface area contributed by atoms with E-state index in [4.69, 9.17) is 0 Å². The van der Waals surface area contributed by atoms with E-state index in [1.807, 2.05) is 31.2 Å². The van der Waals surface area contributed by atoms with Crippen LogP contribution in [0.5, 0.6) is 0 Å². The molecule has 3 rings (SSSR count). The predicted octanol–water partition coefficient (Wildman–Crippen LogP) is 2.47. The number of aromatic nitrogens is 1. The SMILES string of the molecule is Cc1ccccc1-c1nc(C(=O)N2CCNC(=O)C2(C)C)cs1. The highest BCUT2D eigenvalue weighted by Crippen LogP contribution is 2.28. The van der Waals surface area contributed by atoms with Gasteiger partial charge >= 0.3 is 0 Å². The molecule has 1 aliphatic heterocycles. The van der Waals surface area contributed by atoms with Gasteiger partial charge in [-0.3, -0.25) is 9.59 Å². The minimum absolute atomic E-state index is 0.133. The molecule has 0 spiro atoms. The zero-order valence-electron chi connectivity index (χ0n) is 13.4. The molecule has 0 bridgehead atoms. The summed E-state index contributed by atoms with van der Waals surface area (Å²) < 4.78 is 0. The van der Waals surface area contributed by atoms with Crippen molar-refractivity contribution in [2.45, 2.75) is 26.3 Å². The summed E-state index contributed by atoms with van der Waals surface area (Å²) in [5.74, 6) is -0.326. The number of piperazine rings is 1. The van der Waals surface area contributed by atoms with E-state index in [9.17, 15) is 9.59 Å². The third kappa shape index (κ3) is 2.74. The highest BCUT2D eigenvalue weighted by Gasteiger charge is 2.41. The van der Waals surface area contributed by atoms with Crippen LogP contribution in [-0.4, -0.2) is 40.3 Å². The maximum atomic E-state index is 12.8. The summed E-state index contributed by atoms with van der Waals surface area (Å²) in [5, 5.41) is 5.39. The Labute approximate surface area is 139 Å². The van der Waals surface area contributed by atoms with Gasteiger partial charge in [0.25, 0.3) is 5.91 Å². The smallest absolute Gasteiger partial charge is 0.274 e. The van der Waals surface area contributed by atoms with Crippen LogP contribution in [0.25, 0.3) is 10.6 Å². The largest absolute Gasteiger partial charge is 0.352 e. The monoisotopic (exact) mass is 329 g/mol. The maximum absolute atomic E-state index is 12.8. The van der Waals surface area contributed by atoms with Gasteiger partial charge in [0, 0.05) is 24.0 Å². The van der Waals surface area contributed by atoms with E-state index in [1.165, 1.54) is 11.3 Å². The van der Waals surface area contributed by atoms with Crippen molar-refractivity contribution in [2.75, 3.05) is 13.1 Å². The Balaban J connectivity index is 1.90. The third-order valence-electron chi connectivity index (χ3n) is 4.20. The summed E-state index contributed by atoms with van der Waals surface area (Å²) in [5.41, 5.74) is 1.70. The van der Waals surface area contributed by atoms with E-state index in [1.54, 1.807) is 24.1 Å². The summed E-state index contributed by atoms with van der Waals surface area (Å²) in [6, 6.07) is 7.97. The molecule has 1 N–H and O–H groups in total. The fourth-order valence-electron chi connectivity index (χ4n) is 2.70. The molecule has 0 radical (unpaired) electrons. The molecule has 1 fully saturated rings. The minimum atomic E-state index is -0.859. The fourth-order valence-corrected chi connectivity index (χ4v) is 3.59. The maximum Gasteiger partial charge on any atom is 0.274 e. The lowest BCUT2D eigenvalue weighted by molar-refractivity contribution is -0.133. The van der Waals surface area contributed by atoms with Gasteiger partial charge in [0.2, 0.25) is 5.91 Å². The first-order valence-electron chi connectivity index (χ1n) is 7.53. The first kappa shape index (κ1) is 15.7. The van der Waals surface area contributed by atoms with Crippen molar-refractivity contribution in [3.8, 4) is 10.6 Å². The van der Waals surface area contributed by atoms with Gasteiger partial charge in [-0.2, -0.15) is 0 Å². The zero-order valence-corrected chi connectivity index (χ0v) is 14.2. The van der Waals surface area contributed by atoms with Gasteiger partial charge in [-0.1, -0.05) is 24.3 Å². The summed E-state index contributed by atoms with van der Waals surface area (Å²) in [6.07, 6.45) is 0. The summed E-state index contributed by atoms with van der Waals surface area (Å²) in [7, 11) is 0. The normalized spacial score (nSPS) is 17.0. The molecule has 5 nitrogen and oxygen atoms in total. The van der Waals surface area contributed by atoms with Crippen LogP contribution in [0.3, 0.4) is 0 Å². The average molecular weight is 329 g/mol. The Kier molecular flexibility index (Phi) is 3.93. The average Bonchev–Trinajstić information content (AvgIpc) is 2.99. The Hall–Kier alpha value is -2.21. The zero-order chi connectivity index (χ0) is 16.6. The van der Waals surface area contributed by atoms with Crippen molar-refractivity contribution in [1.29, 1.82) is 0 Å². The Morgan fingerprint density at radius 2 is 2.09 bits per heavy atom. The van der Waals surface area contributed by atoms with Crippen LogP contribution in [0.1, 0.15) is 29.9 Å². The van der Waals surface area contributed by atoms with Crippen LogP contribution >= 0.6 is 11.3 Å². The fraction of sp³-hybridized carbons (Fsp3) is 0.353. The number of aryl methyl sites for hydroxylation is 1. The van der Waals surface area contributed by atoms with E-state index >= 15 is 0 Å². The Bertz CT molecular complexity index is 767. The molecule has 2 amide bonds. The lowest BCUT2D eigenvalue weighted by atomic mass is 9.98. The highest BCUT2D eigenvalue weighted by atomic mass is 32.1. The topological polar surface area (TPSA) is 62.3 Å². The van der Waals surface area contributed by atoms with Crippen molar-refractivity contribution in [3.63, 3.8) is 0 Å². The van der Waals surface area contributed by atoms with Gasteiger partial charge in [0.05, 0.1) is 0 Å². The number of nitrogens with zero attached hydrogens (tertiary/aromatic N) is 2. The summed E-state index contributed by atoms with van der Waals surface area (Å²) in [6.45, 7) is 6.51. The van der Waals surface area contributed by atoms with E-state index in [0.29, 0.717) is 18.8 Å². The molecule has 0 saturated carbocycles. The number of thiazole rings is 1. The first-order valence-corrected chi connectivity index (χ1v) is 8.41. The standard InChI is InChI=1S/C17H19N3O2S/c1-11-6-4-5-7-12(11)14-19-13(10-23-14)15(21)20-9-8-18-16(22)17(20,2)3/h4-7,10H,8-9H2,1-3H3,(H,18,22). The number of benzene rings is 1. The molecule has 120 valence electrons. The number of hydrogen-bond acceptors (Lipinski definition) is 4. The van der Waals surface area contributed by atoms with E-state index in [0.717, 1.165) is 16.1 Å². The second-order valence-electron chi connectivity index (χ2n) is 6.12. The molecule has 1 aliphatic rings. The second kappa shape index (κ2) is 5.77. The van der Waals surface area contributed by atoms with Crippen LogP contribution < -0.4 is 5.32 Å². The van der Waals surface area contributed by atoms with E-state index in [-0.39, 0.29) is 11.8 Å².